The number of nitrogens with zero attached hydrogens (tertiary/aromatic N) is 2. The highest BCUT2D eigenvalue weighted by Crippen LogP contribution is 2.23. The van der Waals surface area contributed by atoms with Gasteiger partial charge in [-0.15, -0.1) is 0 Å². The summed E-state index contributed by atoms with van der Waals surface area (Å²) in [7, 11) is -3.79. The number of nitro benzene ring substituents is 1. The number of hydrogen-bond acceptors (Lipinski definition) is 6. The molecular weight excluding hydrogens is 414 g/mol. The van der Waals surface area contributed by atoms with Crippen LogP contribution in [0.2, 0.25) is 0 Å². The molecular formula is C19H23N3O5S2. The SMILES string of the molecule is Cc1ccccc1CSCCNC(=O)CN(c1cccc([N+](=O)[O-])c1)S(C)(=O)=O. The molecule has 2 aromatic carbocycles. The zero-order valence-electron chi connectivity index (χ0n) is 16.2. The van der Waals surface area contributed by atoms with Crippen LogP contribution in [0, 0.1) is 17.0 Å². The third kappa shape index (κ3) is 7.06. The summed E-state index contributed by atoms with van der Waals surface area (Å²) in [6.45, 7) is 2.00. The zero-order valence-corrected chi connectivity index (χ0v) is 17.8. The molecule has 0 aliphatic rings. The molecule has 0 spiro atoms. The molecule has 0 heterocycles. The molecule has 0 radical (unpaired) electrons. The van der Waals surface area contributed by atoms with E-state index in [9.17, 15) is 23.3 Å². The van der Waals surface area contributed by atoms with Gasteiger partial charge in [-0.2, -0.15) is 11.8 Å². The summed E-state index contributed by atoms with van der Waals surface area (Å²) in [6.07, 6.45) is 0.956. The molecule has 0 unspecified atom stereocenters. The Kier molecular flexibility index (Phi) is 8.03. The van der Waals surface area contributed by atoms with Crippen molar-refractivity contribution in [1.82, 2.24) is 5.32 Å². The van der Waals surface area contributed by atoms with E-state index in [0.717, 1.165) is 22.4 Å². The predicted molar refractivity (Wildman–Crippen MR) is 116 cm³/mol. The normalized spacial score (nSPS) is 11.1. The summed E-state index contributed by atoms with van der Waals surface area (Å²) in [5, 5.41) is 13.6. The molecule has 156 valence electrons. The van der Waals surface area contributed by atoms with Crippen molar-refractivity contribution < 1.29 is 18.1 Å². The summed E-state index contributed by atoms with van der Waals surface area (Å²) < 4.78 is 25.0. The average molecular weight is 438 g/mol. The van der Waals surface area contributed by atoms with E-state index in [1.165, 1.54) is 29.3 Å². The van der Waals surface area contributed by atoms with E-state index >= 15 is 0 Å². The highest BCUT2D eigenvalue weighted by atomic mass is 32.2. The molecule has 2 aromatic rings. The molecule has 1 N–H and O–H groups in total. The number of nitrogens with one attached hydrogen (secondary N) is 1. The van der Waals surface area contributed by atoms with Gasteiger partial charge in [0.2, 0.25) is 15.9 Å². The first-order chi connectivity index (χ1) is 13.7. The van der Waals surface area contributed by atoms with E-state index in [4.69, 9.17) is 0 Å². The fourth-order valence-corrected chi connectivity index (χ4v) is 4.35. The first-order valence-corrected chi connectivity index (χ1v) is 11.8. The highest BCUT2D eigenvalue weighted by molar-refractivity contribution is 7.98. The number of hydrogen-bond donors (Lipinski definition) is 1. The monoisotopic (exact) mass is 437 g/mol. The minimum atomic E-state index is -3.79. The Hall–Kier alpha value is -2.59. The Morgan fingerprint density at radius 1 is 1.21 bits per heavy atom. The van der Waals surface area contributed by atoms with Crippen LogP contribution >= 0.6 is 11.8 Å². The fraction of sp³-hybridized carbons (Fsp3) is 0.316. The van der Waals surface area contributed by atoms with Crippen LogP contribution in [0.5, 0.6) is 0 Å². The Morgan fingerprint density at radius 2 is 1.93 bits per heavy atom. The van der Waals surface area contributed by atoms with Gasteiger partial charge in [0.05, 0.1) is 16.9 Å². The molecule has 0 saturated heterocycles. The maximum atomic E-state index is 12.2. The van der Waals surface area contributed by atoms with E-state index < -0.39 is 27.4 Å². The molecule has 2 rings (SSSR count). The molecule has 8 nitrogen and oxygen atoms in total. The molecule has 0 atom stereocenters. The van der Waals surface area contributed by atoms with Gasteiger partial charge in [0.15, 0.2) is 0 Å². The van der Waals surface area contributed by atoms with Crippen molar-refractivity contribution in [1.29, 1.82) is 0 Å². The number of aryl methyl sites for hydroxylation is 1. The second-order valence-electron chi connectivity index (χ2n) is 6.38. The Bertz CT molecular complexity index is 979. The van der Waals surface area contributed by atoms with Gasteiger partial charge in [0.1, 0.15) is 6.54 Å². The largest absolute Gasteiger partial charge is 0.354 e. The number of carbonyl (C=O) groups excluding carboxylic acids is 1. The summed E-state index contributed by atoms with van der Waals surface area (Å²) in [4.78, 5) is 22.5. The van der Waals surface area contributed by atoms with Gasteiger partial charge in [-0.05, 0) is 24.1 Å². The number of benzene rings is 2. The van der Waals surface area contributed by atoms with E-state index in [1.54, 1.807) is 11.8 Å². The number of carbonyl (C=O) groups is 1. The lowest BCUT2D eigenvalue weighted by atomic mass is 10.1. The second kappa shape index (κ2) is 10.3. The summed E-state index contributed by atoms with van der Waals surface area (Å²) in [5.41, 5.74) is 2.28. The standard InChI is InChI=1S/C19H23N3O5S2/c1-15-6-3-4-7-16(15)14-28-11-10-20-19(23)13-21(29(2,26)27)17-8-5-9-18(12-17)22(24)25/h3-9,12H,10-11,13-14H2,1-2H3,(H,20,23). The first kappa shape index (κ1) is 22.7. The Balaban J connectivity index is 1.90. The van der Waals surface area contributed by atoms with Crippen LogP contribution in [0.4, 0.5) is 11.4 Å². The number of thioether (sulfide) groups is 1. The molecule has 0 aliphatic carbocycles. The number of sulfonamides is 1. The molecule has 0 saturated carbocycles. The van der Waals surface area contributed by atoms with Crippen LogP contribution in [0.3, 0.4) is 0 Å². The van der Waals surface area contributed by atoms with Crippen molar-refractivity contribution in [3.63, 3.8) is 0 Å². The molecule has 0 aromatic heterocycles. The van der Waals surface area contributed by atoms with E-state index in [1.807, 2.05) is 25.1 Å². The quantitative estimate of drug-likeness (QED) is 0.348. The number of anilines is 1. The smallest absolute Gasteiger partial charge is 0.271 e. The van der Waals surface area contributed by atoms with E-state index in [2.05, 4.69) is 11.4 Å². The lowest BCUT2D eigenvalue weighted by Gasteiger charge is -2.21. The maximum absolute atomic E-state index is 12.2. The highest BCUT2D eigenvalue weighted by Gasteiger charge is 2.22. The lowest BCUT2D eigenvalue weighted by Crippen LogP contribution is -2.41. The number of nitro groups is 1. The third-order valence-corrected chi connectivity index (χ3v) is 6.25. The number of rotatable bonds is 10. The van der Waals surface area contributed by atoms with E-state index in [-0.39, 0.29) is 11.4 Å². The van der Waals surface area contributed by atoms with E-state index in [0.29, 0.717) is 12.3 Å². The molecule has 10 heteroatoms. The average Bonchev–Trinajstić information content (AvgIpc) is 2.66. The first-order valence-electron chi connectivity index (χ1n) is 8.79. The molecule has 29 heavy (non-hydrogen) atoms. The molecule has 0 bridgehead atoms. The predicted octanol–water partition coefficient (Wildman–Crippen LogP) is 2.72. The third-order valence-electron chi connectivity index (χ3n) is 4.10. The lowest BCUT2D eigenvalue weighted by molar-refractivity contribution is -0.384. The molecule has 0 aliphatic heterocycles. The molecule has 1 amide bonds. The summed E-state index contributed by atoms with van der Waals surface area (Å²) in [6, 6.07) is 13.3. The van der Waals surface area contributed by atoms with Crippen molar-refractivity contribution in [3.05, 3.63) is 69.8 Å². The van der Waals surface area contributed by atoms with Gasteiger partial charge in [0.25, 0.3) is 5.69 Å². The summed E-state index contributed by atoms with van der Waals surface area (Å²) in [5.74, 6) is 1.03. The van der Waals surface area contributed by atoms with Crippen LogP contribution in [-0.4, -0.2) is 44.3 Å². The van der Waals surface area contributed by atoms with Crippen LogP contribution in [-0.2, 0) is 20.6 Å². The van der Waals surface area contributed by atoms with Crippen LogP contribution in [0.15, 0.2) is 48.5 Å². The van der Waals surface area contributed by atoms with Crippen LogP contribution in [0.1, 0.15) is 11.1 Å². The van der Waals surface area contributed by atoms with Gasteiger partial charge >= 0.3 is 0 Å². The Morgan fingerprint density at radius 3 is 2.59 bits per heavy atom. The number of amides is 1. The van der Waals surface area contributed by atoms with Crippen molar-refractivity contribution in [3.8, 4) is 0 Å². The van der Waals surface area contributed by atoms with Crippen LogP contribution < -0.4 is 9.62 Å². The molecule has 0 fully saturated rings. The topological polar surface area (TPSA) is 110 Å². The minimum absolute atomic E-state index is 0.0748. The van der Waals surface area contributed by atoms with Gasteiger partial charge < -0.3 is 5.32 Å². The zero-order chi connectivity index (χ0) is 21.4. The maximum Gasteiger partial charge on any atom is 0.271 e. The Labute approximate surface area is 174 Å². The minimum Gasteiger partial charge on any atom is -0.354 e. The summed E-state index contributed by atoms with van der Waals surface area (Å²) >= 11 is 1.67. The van der Waals surface area contributed by atoms with Gasteiger partial charge in [-0.1, -0.05) is 30.3 Å². The second-order valence-corrected chi connectivity index (χ2v) is 9.39. The number of non-ortho nitro benzene ring substituents is 1. The van der Waals surface area contributed by atoms with Crippen molar-refractivity contribution >= 4 is 39.1 Å². The van der Waals surface area contributed by atoms with Crippen LogP contribution in [0.25, 0.3) is 0 Å². The van der Waals surface area contributed by atoms with Gasteiger partial charge in [0, 0.05) is 30.2 Å². The van der Waals surface area contributed by atoms with Crippen molar-refractivity contribution in [2.24, 2.45) is 0 Å². The van der Waals surface area contributed by atoms with Crippen molar-refractivity contribution in [2.75, 3.05) is 29.4 Å². The van der Waals surface area contributed by atoms with Gasteiger partial charge in [-0.25, -0.2) is 8.42 Å². The van der Waals surface area contributed by atoms with Gasteiger partial charge in [-0.3, -0.25) is 19.2 Å². The fourth-order valence-electron chi connectivity index (χ4n) is 2.56. The van der Waals surface area contributed by atoms with Crippen molar-refractivity contribution in [2.45, 2.75) is 12.7 Å².